The van der Waals surface area contributed by atoms with E-state index in [0.717, 1.165) is 63.5 Å². The number of carbonyl (C=O) groups excluding carboxylic acids is 4. The van der Waals surface area contributed by atoms with E-state index in [-0.39, 0.29) is 73.4 Å². The first-order valence-corrected chi connectivity index (χ1v) is 20.6. The molecule has 0 N–H and O–H groups in total. The van der Waals surface area contributed by atoms with Gasteiger partial charge in [0.15, 0.2) is 0 Å². The van der Waals surface area contributed by atoms with E-state index in [1.54, 1.807) is 24.3 Å². The number of hydrogen-bond acceptors (Lipinski definition) is 8. The number of benzene rings is 2. The summed E-state index contributed by atoms with van der Waals surface area (Å²) in [4.78, 5) is 61.9. The molecule has 316 valence electrons. The molecule has 4 heterocycles. The summed E-state index contributed by atoms with van der Waals surface area (Å²) in [5, 5.41) is 0. The van der Waals surface area contributed by atoms with Gasteiger partial charge in [-0.05, 0) is 98.9 Å². The minimum Gasteiger partial charge on any atom is -0.370 e. The predicted octanol–water partition coefficient (Wildman–Crippen LogP) is 7.11. The molecule has 2 aromatic carbocycles. The van der Waals surface area contributed by atoms with E-state index in [1.807, 2.05) is 9.80 Å². The number of rotatable bonds is 10. The molecule has 2 aliphatic carbocycles. The largest absolute Gasteiger partial charge is 0.370 e. The Balaban J connectivity index is 0.000000181. The number of carbonyl (C=O) groups is 4. The zero-order chi connectivity index (χ0) is 42.2. The fraction of sp³-hybridized carbons (Fsp3) is 0.435. The predicted molar refractivity (Wildman–Crippen MR) is 213 cm³/mol. The molecule has 0 radical (unpaired) electrons. The highest BCUT2D eigenvalue weighted by molar-refractivity contribution is 5.84. The molecule has 8 rings (SSSR count). The second-order valence-corrected chi connectivity index (χ2v) is 16.0. The van der Waals surface area contributed by atoms with E-state index in [1.165, 1.54) is 36.7 Å². The second-order valence-electron chi connectivity index (χ2n) is 16.0. The number of halogens is 4. The van der Waals surface area contributed by atoms with Crippen molar-refractivity contribution in [2.75, 3.05) is 39.5 Å². The normalized spacial score (nSPS) is 22.2. The van der Waals surface area contributed by atoms with Crippen LogP contribution in [0.2, 0.25) is 0 Å². The third-order valence-corrected chi connectivity index (χ3v) is 12.0. The van der Waals surface area contributed by atoms with Crippen molar-refractivity contribution in [1.29, 1.82) is 0 Å². The number of Topliss-reactive ketones (excluding diaryl/α,β-unsaturated/α-hetero) is 2. The number of aromatic nitrogens is 2. The summed E-state index contributed by atoms with van der Waals surface area (Å²) < 4.78 is 64.0. The van der Waals surface area contributed by atoms with Crippen LogP contribution >= 0.6 is 0 Å². The Morgan fingerprint density at radius 3 is 1.22 bits per heavy atom. The average molecular weight is 829 g/mol. The van der Waals surface area contributed by atoms with Crippen molar-refractivity contribution in [3.8, 4) is 22.3 Å². The van der Waals surface area contributed by atoms with Crippen LogP contribution in [0.1, 0.15) is 62.8 Å². The Morgan fingerprint density at radius 2 is 0.900 bits per heavy atom. The maximum absolute atomic E-state index is 13.4. The Bertz CT molecular complexity index is 1960. The van der Waals surface area contributed by atoms with Crippen LogP contribution in [-0.2, 0) is 41.5 Å². The highest BCUT2D eigenvalue weighted by Crippen LogP contribution is 2.32. The molecule has 2 aromatic heterocycles. The van der Waals surface area contributed by atoms with Gasteiger partial charge in [0.05, 0.1) is 13.2 Å². The number of morpholine rings is 2. The van der Waals surface area contributed by atoms with Crippen LogP contribution in [0.15, 0.2) is 73.1 Å². The van der Waals surface area contributed by atoms with Crippen LogP contribution in [0.4, 0.5) is 17.6 Å². The Kier molecular flexibility index (Phi) is 14.1. The van der Waals surface area contributed by atoms with Crippen LogP contribution in [0.25, 0.3) is 22.3 Å². The van der Waals surface area contributed by atoms with Crippen molar-refractivity contribution in [2.24, 2.45) is 11.8 Å². The van der Waals surface area contributed by atoms with E-state index in [0.29, 0.717) is 59.9 Å². The first kappa shape index (κ1) is 42.8. The molecule has 0 spiro atoms. The Hall–Kier alpha value is -5.34. The van der Waals surface area contributed by atoms with E-state index in [2.05, 4.69) is 9.97 Å². The van der Waals surface area contributed by atoms with Gasteiger partial charge in [0.2, 0.25) is 11.8 Å². The zero-order valence-electron chi connectivity index (χ0n) is 33.3. The lowest BCUT2D eigenvalue weighted by atomic mass is 9.81. The monoisotopic (exact) mass is 828 g/mol. The first-order valence-electron chi connectivity index (χ1n) is 20.6. The maximum atomic E-state index is 13.4. The summed E-state index contributed by atoms with van der Waals surface area (Å²) >= 11 is 0. The molecule has 2 saturated carbocycles. The molecule has 14 heteroatoms. The lowest BCUT2D eigenvalue weighted by Gasteiger charge is -2.38. The zero-order valence-corrected chi connectivity index (χ0v) is 33.3. The smallest absolute Gasteiger partial charge is 0.248 e. The summed E-state index contributed by atoms with van der Waals surface area (Å²) in [5.41, 5.74) is 3.31. The number of pyridine rings is 2. The van der Waals surface area contributed by atoms with Crippen LogP contribution < -0.4 is 0 Å². The van der Waals surface area contributed by atoms with Gasteiger partial charge in [-0.25, -0.2) is 17.6 Å². The van der Waals surface area contributed by atoms with Gasteiger partial charge in [0, 0.05) is 96.9 Å². The van der Waals surface area contributed by atoms with Gasteiger partial charge >= 0.3 is 0 Å². The topological polar surface area (TPSA) is 119 Å². The van der Waals surface area contributed by atoms with Gasteiger partial charge in [0.1, 0.15) is 48.0 Å². The highest BCUT2D eigenvalue weighted by Gasteiger charge is 2.34. The molecule has 4 aromatic rings. The van der Waals surface area contributed by atoms with Crippen molar-refractivity contribution >= 4 is 23.4 Å². The molecular weight excluding hydrogens is 781 g/mol. The van der Waals surface area contributed by atoms with Crippen molar-refractivity contribution in [2.45, 2.75) is 76.3 Å². The Morgan fingerprint density at radius 1 is 0.533 bits per heavy atom. The van der Waals surface area contributed by atoms with Crippen LogP contribution in [0, 0.1) is 35.1 Å². The quantitative estimate of drug-likeness (QED) is 0.155. The van der Waals surface area contributed by atoms with Crippen molar-refractivity contribution in [3.63, 3.8) is 0 Å². The molecule has 10 nitrogen and oxygen atoms in total. The second kappa shape index (κ2) is 19.8. The number of hydrogen-bond donors (Lipinski definition) is 0. The average Bonchev–Trinajstić information content (AvgIpc) is 3.24. The van der Waals surface area contributed by atoms with Gasteiger partial charge in [-0.3, -0.25) is 29.1 Å². The molecule has 2 aliphatic heterocycles. The van der Waals surface area contributed by atoms with Crippen molar-refractivity contribution < 1.29 is 46.2 Å². The number of nitrogens with zero attached hydrogens (tertiary/aromatic N) is 4. The number of ether oxygens (including phenoxy) is 2. The van der Waals surface area contributed by atoms with Gasteiger partial charge in [0.25, 0.3) is 0 Å². The molecule has 0 atom stereocenters. The van der Waals surface area contributed by atoms with Gasteiger partial charge in [-0.2, -0.15) is 0 Å². The molecule has 60 heavy (non-hydrogen) atoms. The third kappa shape index (κ3) is 11.1. The highest BCUT2D eigenvalue weighted by atomic mass is 19.1. The van der Waals surface area contributed by atoms with Crippen LogP contribution in [0.3, 0.4) is 0 Å². The third-order valence-electron chi connectivity index (χ3n) is 12.0. The maximum Gasteiger partial charge on any atom is 0.248 e. The number of ketones is 2. The molecule has 4 fully saturated rings. The minimum atomic E-state index is -0.640. The molecule has 2 amide bonds. The van der Waals surface area contributed by atoms with Crippen LogP contribution in [0.5, 0.6) is 0 Å². The van der Waals surface area contributed by atoms with E-state index in [9.17, 15) is 36.7 Å². The molecule has 0 bridgehead atoms. The molecule has 4 aliphatic rings. The summed E-state index contributed by atoms with van der Waals surface area (Å²) in [7, 11) is 0. The van der Waals surface area contributed by atoms with Crippen molar-refractivity contribution in [1.82, 2.24) is 19.8 Å². The molecular formula is C46H48F4N4O6. The SMILES string of the molecule is O=C(Cc1ccc(-c2cc(F)cc(F)c2)cn1)C1CCC(N2CCOCC2=O)CC1.O=C(Cc1ccc(-c2cc(F)cc(F)c2)cn1)C1CCC(N2CCOCC2=O)CC1. The van der Waals surface area contributed by atoms with E-state index >= 15 is 0 Å². The van der Waals surface area contributed by atoms with Crippen molar-refractivity contribution in [3.05, 3.63) is 108 Å². The fourth-order valence-corrected chi connectivity index (χ4v) is 8.74. The summed E-state index contributed by atoms with van der Waals surface area (Å²) in [6.45, 7) is 2.73. The lowest BCUT2D eigenvalue weighted by molar-refractivity contribution is -0.147. The number of amides is 2. The molecule has 2 saturated heterocycles. The Labute approximate surface area is 346 Å². The van der Waals surface area contributed by atoms with Gasteiger partial charge < -0.3 is 19.3 Å². The summed E-state index contributed by atoms with van der Waals surface area (Å²) in [6, 6.07) is 14.0. The van der Waals surface area contributed by atoms with E-state index < -0.39 is 23.3 Å². The van der Waals surface area contributed by atoms with Gasteiger partial charge in [-0.15, -0.1) is 0 Å². The minimum absolute atomic E-state index is 0.0174. The first-order chi connectivity index (χ1) is 29.0. The lowest BCUT2D eigenvalue weighted by Crippen LogP contribution is -2.49. The summed E-state index contributed by atoms with van der Waals surface area (Å²) in [5.74, 6) is -2.21. The summed E-state index contributed by atoms with van der Waals surface area (Å²) in [6.07, 6.45) is 9.98. The standard InChI is InChI=1S/2C23H24F2N2O3/c2*24-18-9-17(10-19(25)11-18)16-1-4-20(26-13-16)12-22(28)15-2-5-21(6-3-15)27-7-8-30-14-23(27)29/h2*1,4,9-11,13,15,21H,2-3,5-8,12,14H2. The van der Waals surface area contributed by atoms with E-state index in [4.69, 9.17) is 9.47 Å². The van der Waals surface area contributed by atoms with Crippen LogP contribution in [-0.4, -0.2) is 94.7 Å². The van der Waals surface area contributed by atoms with Gasteiger partial charge in [-0.1, -0.05) is 12.1 Å². The molecule has 0 unspecified atom stereocenters. The fourth-order valence-electron chi connectivity index (χ4n) is 8.74.